The lowest BCUT2D eigenvalue weighted by Gasteiger charge is -1.94. The predicted molar refractivity (Wildman–Crippen MR) is 43.1 cm³/mol. The fourth-order valence-electron chi connectivity index (χ4n) is 0.730. The van der Waals surface area contributed by atoms with Crippen LogP contribution >= 0.6 is 11.6 Å². The summed E-state index contributed by atoms with van der Waals surface area (Å²) in [4.78, 5) is 4.03. The number of aromatic nitrogens is 1. The van der Waals surface area contributed by atoms with Crippen LogP contribution in [-0.4, -0.2) is 4.98 Å². The zero-order valence-corrected chi connectivity index (χ0v) is 6.67. The molecule has 1 rings (SSSR count). The van der Waals surface area contributed by atoms with E-state index < -0.39 is 0 Å². The molecule has 1 aromatic rings. The Morgan fingerprint density at radius 3 is 2.82 bits per heavy atom. The lowest BCUT2D eigenvalue weighted by Crippen LogP contribution is -1.87. The van der Waals surface area contributed by atoms with Crippen molar-refractivity contribution in [3.8, 4) is 6.07 Å². The van der Waals surface area contributed by atoms with Crippen molar-refractivity contribution >= 4 is 11.6 Å². The summed E-state index contributed by atoms with van der Waals surface area (Å²) >= 11 is 5.53. The zero-order chi connectivity index (χ0) is 8.10. The maximum absolute atomic E-state index is 8.34. The van der Waals surface area contributed by atoms with Crippen LogP contribution in [0.3, 0.4) is 0 Å². The fraction of sp³-hybridized carbons (Fsp3) is 0.250. The summed E-state index contributed by atoms with van der Waals surface area (Å²) in [5.41, 5.74) is 1.77. The van der Waals surface area contributed by atoms with Crippen molar-refractivity contribution in [1.29, 1.82) is 5.26 Å². The Bertz CT molecular complexity index is 260. The first kappa shape index (κ1) is 8.03. The topological polar surface area (TPSA) is 36.7 Å². The second-order valence-electron chi connectivity index (χ2n) is 2.13. The van der Waals surface area contributed by atoms with Gasteiger partial charge in [0.05, 0.1) is 24.1 Å². The van der Waals surface area contributed by atoms with Gasteiger partial charge in [-0.25, -0.2) is 0 Å². The lowest BCUT2D eigenvalue weighted by atomic mass is 10.2. The minimum atomic E-state index is 0.412. The van der Waals surface area contributed by atoms with Crippen molar-refractivity contribution in [2.24, 2.45) is 0 Å². The van der Waals surface area contributed by atoms with Crippen LogP contribution < -0.4 is 0 Å². The van der Waals surface area contributed by atoms with E-state index in [1.165, 1.54) is 0 Å². The molecule has 2 nitrogen and oxygen atoms in total. The van der Waals surface area contributed by atoms with E-state index in [0.29, 0.717) is 12.3 Å². The smallest absolute Gasteiger partial charge is 0.0670 e. The molecule has 0 N–H and O–H groups in total. The molecule has 3 heteroatoms. The molecule has 0 atom stereocenters. The molecule has 0 spiro atoms. The monoisotopic (exact) mass is 166 g/mol. The van der Waals surface area contributed by atoms with Crippen LogP contribution in [0.1, 0.15) is 11.3 Å². The van der Waals surface area contributed by atoms with E-state index in [1.54, 1.807) is 6.20 Å². The van der Waals surface area contributed by atoms with E-state index in [2.05, 4.69) is 4.98 Å². The summed E-state index contributed by atoms with van der Waals surface area (Å²) in [7, 11) is 0. The highest BCUT2D eigenvalue weighted by atomic mass is 35.5. The molecule has 1 heterocycles. The summed E-state index contributed by atoms with van der Waals surface area (Å²) < 4.78 is 0. The quantitative estimate of drug-likeness (QED) is 0.630. The first-order chi connectivity index (χ1) is 5.36. The molecule has 0 bridgehead atoms. The molecule has 0 aliphatic carbocycles. The molecule has 0 radical (unpaired) electrons. The molecule has 0 saturated carbocycles. The van der Waals surface area contributed by atoms with Crippen molar-refractivity contribution < 1.29 is 0 Å². The molecular weight excluding hydrogens is 160 g/mol. The lowest BCUT2D eigenvalue weighted by molar-refractivity contribution is 1.12. The first-order valence-electron chi connectivity index (χ1n) is 3.23. The van der Waals surface area contributed by atoms with E-state index in [0.717, 1.165) is 11.3 Å². The standard InChI is InChI=1S/C8H7ClN2/c9-5-8-2-1-7(3-4-10)6-11-8/h1-2,6H,3,5H2. The minimum absolute atomic E-state index is 0.412. The molecule has 11 heavy (non-hydrogen) atoms. The number of nitrogens with zero attached hydrogens (tertiary/aromatic N) is 2. The summed E-state index contributed by atoms with van der Waals surface area (Å²) in [6, 6.07) is 5.75. The van der Waals surface area contributed by atoms with E-state index in [9.17, 15) is 0 Å². The molecular formula is C8H7ClN2. The molecule has 0 amide bonds. The van der Waals surface area contributed by atoms with Gasteiger partial charge in [-0.1, -0.05) is 6.07 Å². The van der Waals surface area contributed by atoms with Gasteiger partial charge in [0.15, 0.2) is 0 Å². The van der Waals surface area contributed by atoms with Crippen molar-refractivity contribution in [2.45, 2.75) is 12.3 Å². The highest BCUT2D eigenvalue weighted by molar-refractivity contribution is 6.16. The average molecular weight is 167 g/mol. The fourth-order valence-corrected chi connectivity index (χ4v) is 0.888. The van der Waals surface area contributed by atoms with Gasteiger partial charge in [0.1, 0.15) is 0 Å². The number of halogens is 1. The number of pyridine rings is 1. The van der Waals surface area contributed by atoms with Gasteiger partial charge in [0.25, 0.3) is 0 Å². The van der Waals surface area contributed by atoms with Crippen LogP contribution in [0, 0.1) is 11.3 Å². The summed E-state index contributed by atoms with van der Waals surface area (Å²) in [5, 5.41) is 8.34. The predicted octanol–water partition coefficient (Wildman–Crippen LogP) is 1.89. The van der Waals surface area contributed by atoms with E-state index in [-0.39, 0.29) is 0 Å². The molecule has 0 fully saturated rings. The molecule has 0 aromatic carbocycles. The van der Waals surface area contributed by atoms with Crippen LogP contribution in [0.5, 0.6) is 0 Å². The van der Waals surface area contributed by atoms with Gasteiger partial charge in [-0.2, -0.15) is 5.26 Å². The van der Waals surface area contributed by atoms with Gasteiger partial charge >= 0.3 is 0 Å². The van der Waals surface area contributed by atoms with Crippen LogP contribution in [-0.2, 0) is 12.3 Å². The normalized spacial score (nSPS) is 9.09. The SMILES string of the molecule is N#CCc1ccc(CCl)nc1. The van der Waals surface area contributed by atoms with Gasteiger partial charge < -0.3 is 0 Å². The Morgan fingerprint density at radius 1 is 1.55 bits per heavy atom. The molecule has 0 saturated heterocycles. The largest absolute Gasteiger partial charge is 0.260 e. The highest BCUT2D eigenvalue weighted by Crippen LogP contribution is 2.02. The van der Waals surface area contributed by atoms with Crippen LogP contribution in [0.15, 0.2) is 18.3 Å². The Hall–Kier alpha value is -1.07. The van der Waals surface area contributed by atoms with E-state index in [1.807, 2.05) is 18.2 Å². The first-order valence-corrected chi connectivity index (χ1v) is 3.77. The third kappa shape index (κ3) is 2.21. The third-order valence-electron chi connectivity index (χ3n) is 1.31. The van der Waals surface area contributed by atoms with Gasteiger partial charge in [-0.05, 0) is 11.6 Å². The molecule has 56 valence electrons. The Balaban J connectivity index is 2.76. The average Bonchev–Trinajstić information content (AvgIpc) is 2.07. The summed E-state index contributed by atoms with van der Waals surface area (Å²) in [6.45, 7) is 0. The molecule has 1 aromatic heterocycles. The molecule has 0 aliphatic heterocycles. The summed E-state index contributed by atoms with van der Waals surface area (Å²) in [5.74, 6) is 0.423. The Labute approximate surface area is 70.4 Å². The minimum Gasteiger partial charge on any atom is -0.260 e. The number of hydrogen-bond acceptors (Lipinski definition) is 2. The number of rotatable bonds is 2. The van der Waals surface area contributed by atoms with Crippen molar-refractivity contribution in [3.63, 3.8) is 0 Å². The van der Waals surface area contributed by atoms with Gasteiger partial charge in [-0.3, -0.25) is 4.98 Å². The molecule has 0 aliphatic rings. The third-order valence-corrected chi connectivity index (χ3v) is 1.58. The molecule has 0 unspecified atom stereocenters. The Morgan fingerprint density at radius 2 is 2.36 bits per heavy atom. The second-order valence-corrected chi connectivity index (χ2v) is 2.39. The van der Waals surface area contributed by atoms with Crippen molar-refractivity contribution in [1.82, 2.24) is 4.98 Å². The number of alkyl halides is 1. The van der Waals surface area contributed by atoms with Gasteiger partial charge in [-0.15, -0.1) is 11.6 Å². The van der Waals surface area contributed by atoms with E-state index >= 15 is 0 Å². The zero-order valence-electron chi connectivity index (χ0n) is 5.92. The van der Waals surface area contributed by atoms with Crippen molar-refractivity contribution in [3.05, 3.63) is 29.6 Å². The summed E-state index contributed by atoms with van der Waals surface area (Å²) in [6.07, 6.45) is 2.09. The number of nitriles is 1. The Kier molecular flexibility index (Phi) is 2.88. The van der Waals surface area contributed by atoms with Gasteiger partial charge in [0.2, 0.25) is 0 Å². The van der Waals surface area contributed by atoms with Crippen LogP contribution in [0.2, 0.25) is 0 Å². The van der Waals surface area contributed by atoms with Crippen molar-refractivity contribution in [2.75, 3.05) is 0 Å². The second kappa shape index (κ2) is 3.95. The maximum Gasteiger partial charge on any atom is 0.0670 e. The van der Waals surface area contributed by atoms with Crippen LogP contribution in [0.25, 0.3) is 0 Å². The van der Waals surface area contributed by atoms with E-state index in [4.69, 9.17) is 16.9 Å². The van der Waals surface area contributed by atoms with Gasteiger partial charge in [0, 0.05) is 6.20 Å². The number of hydrogen-bond donors (Lipinski definition) is 0. The highest BCUT2D eigenvalue weighted by Gasteiger charge is 1.92. The maximum atomic E-state index is 8.34. The van der Waals surface area contributed by atoms with Crippen LogP contribution in [0.4, 0.5) is 0 Å².